The largest absolute Gasteiger partial charge is 0.365 e. The van der Waals surface area contributed by atoms with Crippen LogP contribution < -0.4 is 11.1 Å². The molecule has 0 aliphatic heterocycles. The molecule has 0 unspecified atom stereocenters. The maximum atomic E-state index is 11.8. The van der Waals surface area contributed by atoms with Gasteiger partial charge in [0.15, 0.2) is 0 Å². The number of rotatable bonds is 4. The first-order valence-corrected chi connectivity index (χ1v) is 8.48. The van der Waals surface area contributed by atoms with Gasteiger partial charge in [0.25, 0.3) is 5.91 Å². The average Bonchev–Trinajstić information content (AvgIpc) is 2.83. The van der Waals surface area contributed by atoms with Crippen molar-refractivity contribution in [1.29, 1.82) is 0 Å². The number of primary amides is 1. The number of allylic oxidation sites excluding steroid dienone is 5. The minimum Gasteiger partial charge on any atom is -0.365 e. The Morgan fingerprint density at radius 2 is 2.22 bits per heavy atom. The number of anilines is 1. The van der Waals surface area contributed by atoms with Gasteiger partial charge in [-0.15, -0.1) is 11.8 Å². The van der Waals surface area contributed by atoms with Crippen molar-refractivity contribution in [3.05, 3.63) is 66.0 Å². The molecule has 3 N–H and O–H groups in total. The Morgan fingerprint density at radius 3 is 3.00 bits per heavy atom. The fraction of sp³-hybridized carbons (Fsp3) is 0.111. The second kappa shape index (κ2) is 6.71. The molecule has 3 rings (SSSR count). The smallest absolute Gasteiger partial charge is 0.252 e. The lowest BCUT2D eigenvalue weighted by Gasteiger charge is -2.14. The van der Waals surface area contributed by atoms with Gasteiger partial charge in [-0.2, -0.15) is 0 Å². The number of carbonyl (C=O) groups excluding carboxylic acids is 1. The fourth-order valence-electron chi connectivity index (χ4n) is 2.43. The van der Waals surface area contributed by atoms with Crippen LogP contribution in [0.1, 0.15) is 16.8 Å². The normalized spacial score (nSPS) is 13.7. The standard InChI is InChI=1S/C18H17N3OS/c1-23-13-8-9-16-14(10-13)17(15(11-20-16)18(19)22)21-12-6-4-2-3-5-7-12/h2,4-11H,3H2,1H3,(H2,19,22)(H,20,21). The number of hydrogen-bond acceptors (Lipinski definition) is 4. The second-order valence-electron chi connectivity index (χ2n) is 5.11. The Kier molecular flexibility index (Phi) is 4.48. The lowest BCUT2D eigenvalue weighted by Crippen LogP contribution is -2.15. The molecule has 1 aromatic heterocycles. The molecule has 4 nitrogen and oxygen atoms in total. The predicted molar refractivity (Wildman–Crippen MR) is 96.6 cm³/mol. The molecule has 0 fully saturated rings. The number of aromatic nitrogens is 1. The first kappa shape index (κ1) is 15.4. The van der Waals surface area contributed by atoms with Gasteiger partial charge in [0, 0.05) is 22.2 Å². The summed E-state index contributed by atoms with van der Waals surface area (Å²) < 4.78 is 0. The molecular formula is C18H17N3OS. The molecule has 1 aliphatic carbocycles. The zero-order valence-electron chi connectivity index (χ0n) is 12.7. The van der Waals surface area contributed by atoms with Crippen LogP contribution in [-0.4, -0.2) is 17.1 Å². The van der Waals surface area contributed by atoms with Crippen LogP contribution in [0.2, 0.25) is 0 Å². The molecule has 0 atom stereocenters. The quantitative estimate of drug-likeness (QED) is 0.838. The molecule has 0 radical (unpaired) electrons. The molecule has 2 aromatic rings. The third kappa shape index (κ3) is 3.29. The summed E-state index contributed by atoms with van der Waals surface area (Å²) in [5.74, 6) is -0.495. The van der Waals surface area contributed by atoms with E-state index in [0.29, 0.717) is 11.3 Å². The van der Waals surface area contributed by atoms with Gasteiger partial charge in [0.1, 0.15) is 0 Å². The SMILES string of the molecule is CSc1ccc2ncc(C(N)=O)c(NC3=CC=CCC=C3)c2c1. The molecule has 0 bridgehead atoms. The summed E-state index contributed by atoms with van der Waals surface area (Å²) >= 11 is 1.64. The number of thioether (sulfide) groups is 1. The zero-order valence-corrected chi connectivity index (χ0v) is 13.6. The summed E-state index contributed by atoms with van der Waals surface area (Å²) in [4.78, 5) is 17.3. The Hall–Kier alpha value is -2.53. The van der Waals surface area contributed by atoms with Crippen LogP contribution in [0.4, 0.5) is 5.69 Å². The molecule has 5 heteroatoms. The summed E-state index contributed by atoms with van der Waals surface area (Å²) in [5, 5.41) is 4.22. The van der Waals surface area contributed by atoms with Crippen LogP contribution in [0.3, 0.4) is 0 Å². The number of hydrogen-bond donors (Lipinski definition) is 2. The van der Waals surface area contributed by atoms with Crippen molar-refractivity contribution in [3.63, 3.8) is 0 Å². The highest BCUT2D eigenvalue weighted by Gasteiger charge is 2.14. The van der Waals surface area contributed by atoms with Crippen molar-refractivity contribution in [1.82, 2.24) is 4.98 Å². The summed E-state index contributed by atoms with van der Waals surface area (Å²) in [6.45, 7) is 0. The summed E-state index contributed by atoms with van der Waals surface area (Å²) in [6, 6.07) is 5.99. The van der Waals surface area contributed by atoms with Gasteiger partial charge in [-0.25, -0.2) is 0 Å². The topological polar surface area (TPSA) is 68.0 Å². The van der Waals surface area contributed by atoms with E-state index in [1.165, 1.54) is 6.20 Å². The Bertz CT molecular complexity index is 853. The van der Waals surface area contributed by atoms with Crippen molar-refractivity contribution in [2.24, 2.45) is 5.73 Å². The van der Waals surface area contributed by atoms with Crippen molar-refractivity contribution in [3.8, 4) is 0 Å². The van der Waals surface area contributed by atoms with E-state index in [-0.39, 0.29) is 0 Å². The first-order valence-electron chi connectivity index (χ1n) is 7.26. The van der Waals surface area contributed by atoms with Gasteiger partial charge < -0.3 is 11.1 Å². The highest BCUT2D eigenvalue weighted by atomic mass is 32.2. The number of pyridine rings is 1. The van der Waals surface area contributed by atoms with Gasteiger partial charge in [-0.1, -0.05) is 18.2 Å². The van der Waals surface area contributed by atoms with E-state index in [1.807, 2.05) is 42.7 Å². The molecule has 0 spiro atoms. The van der Waals surface area contributed by atoms with Crippen LogP contribution in [-0.2, 0) is 0 Å². The van der Waals surface area contributed by atoms with Gasteiger partial charge in [0.2, 0.25) is 0 Å². The van der Waals surface area contributed by atoms with Crippen molar-refractivity contribution in [2.75, 3.05) is 11.6 Å². The number of amides is 1. The van der Waals surface area contributed by atoms with Crippen LogP contribution in [0.25, 0.3) is 10.9 Å². The van der Waals surface area contributed by atoms with Crippen molar-refractivity contribution >= 4 is 34.3 Å². The monoisotopic (exact) mass is 323 g/mol. The lowest BCUT2D eigenvalue weighted by molar-refractivity contribution is 0.100. The predicted octanol–water partition coefficient (Wildman–Crippen LogP) is 3.87. The zero-order chi connectivity index (χ0) is 16.2. The molecule has 1 amide bonds. The van der Waals surface area contributed by atoms with Crippen molar-refractivity contribution < 1.29 is 4.79 Å². The maximum Gasteiger partial charge on any atom is 0.252 e. The molecule has 0 saturated carbocycles. The molecule has 116 valence electrons. The van der Waals surface area contributed by atoms with E-state index < -0.39 is 5.91 Å². The average molecular weight is 323 g/mol. The molecule has 0 saturated heterocycles. The summed E-state index contributed by atoms with van der Waals surface area (Å²) in [7, 11) is 0. The van der Waals surface area contributed by atoms with E-state index in [0.717, 1.165) is 27.9 Å². The number of benzene rings is 1. The molecule has 23 heavy (non-hydrogen) atoms. The number of nitrogens with two attached hydrogens (primary N) is 1. The minimum absolute atomic E-state index is 0.387. The van der Waals surface area contributed by atoms with Gasteiger partial charge in [-0.05, 0) is 43.0 Å². The molecule has 1 heterocycles. The van der Waals surface area contributed by atoms with Crippen molar-refractivity contribution in [2.45, 2.75) is 11.3 Å². The number of fused-ring (bicyclic) bond motifs is 1. The molecule has 1 aromatic carbocycles. The first-order chi connectivity index (χ1) is 11.2. The lowest BCUT2D eigenvalue weighted by atomic mass is 10.1. The van der Waals surface area contributed by atoms with Crippen LogP contribution in [0.15, 0.2) is 65.4 Å². The van der Waals surface area contributed by atoms with Crippen LogP contribution in [0.5, 0.6) is 0 Å². The van der Waals surface area contributed by atoms with E-state index in [2.05, 4.69) is 22.5 Å². The van der Waals surface area contributed by atoms with E-state index in [9.17, 15) is 4.79 Å². The van der Waals surface area contributed by atoms with E-state index in [1.54, 1.807) is 11.8 Å². The Balaban J connectivity index is 2.17. The second-order valence-corrected chi connectivity index (χ2v) is 5.99. The Morgan fingerprint density at radius 1 is 1.35 bits per heavy atom. The van der Waals surface area contributed by atoms with Gasteiger partial charge in [-0.3, -0.25) is 9.78 Å². The Labute approximate surface area is 139 Å². The minimum atomic E-state index is -0.495. The molecule has 1 aliphatic rings. The maximum absolute atomic E-state index is 11.8. The highest BCUT2D eigenvalue weighted by Crippen LogP contribution is 2.30. The number of carbonyl (C=O) groups is 1. The van der Waals surface area contributed by atoms with Gasteiger partial charge >= 0.3 is 0 Å². The highest BCUT2D eigenvalue weighted by molar-refractivity contribution is 7.98. The fourth-order valence-corrected chi connectivity index (χ4v) is 2.87. The van der Waals surface area contributed by atoms with Gasteiger partial charge in [0.05, 0.1) is 16.8 Å². The van der Waals surface area contributed by atoms with E-state index >= 15 is 0 Å². The third-order valence-corrected chi connectivity index (χ3v) is 4.32. The number of nitrogens with one attached hydrogen (secondary N) is 1. The summed E-state index contributed by atoms with van der Waals surface area (Å²) in [6.07, 6.45) is 14.5. The molecular weight excluding hydrogens is 306 g/mol. The third-order valence-electron chi connectivity index (χ3n) is 3.59. The van der Waals surface area contributed by atoms with Crippen LogP contribution >= 0.6 is 11.8 Å². The van der Waals surface area contributed by atoms with Crippen LogP contribution in [0, 0.1) is 0 Å². The summed E-state index contributed by atoms with van der Waals surface area (Å²) in [5.41, 5.74) is 8.35. The van der Waals surface area contributed by atoms with E-state index in [4.69, 9.17) is 5.73 Å². The number of nitrogens with zero attached hydrogens (tertiary/aromatic N) is 1.